The van der Waals surface area contributed by atoms with E-state index in [9.17, 15) is 0 Å². The number of nitrogen functional groups attached to an aromatic ring is 1. The largest absolute Gasteiger partial charge is 0.398 e. The number of aliphatic hydroxyl groups excluding tert-OH is 1. The van der Waals surface area contributed by atoms with Gasteiger partial charge in [0, 0.05) is 17.6 Å². The molecular formula is C11H13N3O. The second-order valence-corrected chi connectivity index (χ2v) is 3.36. The molecule has 2 heterocycles. The summed E-state index contributed by atoms with van der Waals surface area (Å²) in [6.45, 7) is 1.99. The van der Waals surface area contributed by atoms with E-state index in [0.717, 1.165) is 17.0 Å². The van der Waals surface area contributed by atoms with Crippen LogP contribution >= 0.6 is 0 Å². The van der Waals surface area contributed by atoms with Gasteiger partial charge in [-0.05, 0) is 25.1 Å². The molecule has 4 heteroatoms. The number of aliphatic hydroxyl groups is 1. The molecule has 2 aromatic rings. The summed E-state index contributed by atoms with van der Waals surface area (Å²) in [4.78, 5) is 4.40. The summed E-state index contributed by atoms with van der Waals surface area (Å²) >= 11 is 0. The third kappa shape index (κ3) is 1.71. The first-order valence-electron chi connectivity index (χ1n) is 4.74. The van der Waals surface area contributed by atoms with Crippen molar-refractivity contribution in [2.45, 2.75) is 6.92 Å². The third-order valence-electron chi connectivity index (χ3n) is 2.30. The van der Waals surface area contributed by atoms with Crippen molar-refractivity contribution in [1.82, 2.24) is 9.38 Å². The second-order valence-electron chi connectivity index (χ2n) is 3.36. The van der Waals surface area contributed by atoms with Gasteiger partial charge in [0.25, 0.3) is 0 Å². The molecule has 0 fully saturated rings. The highest BCUT2D eigenvalue weighted by atomic mass is 16.2. The maximum absolute atomic E-state index is 8.70. The van der Waals surface area contributed by atoms with Crippen LogP contribution in [0.5, 0.6) is 0 Å². The highest BCUT2D eigenvalue weighted by molar-refractivity contribution is 5.57. The topological polar surface area (TPSA) is 63.5 Å². The lowest BCUT2D eigenvalue weighted by Gasteiger charge is -1.97. The monoisotopic (exact) mass is 203 g/mol. The Hall–Kier alpha value is -1.81. The molecule has 0 saturated heterocycles. The van der Waals surface area contributed by atoms with Crippen molar-refractivity contribution in [3.05, 3.63) is 35.8 Å². The van der Waals surface area contributed by atoms with E-state index in [1.807, 2.05) is 29.7 Å². The molecule has 0 atom stereocenters. The van der Waals surface area contributed by atoms with E-state index in [-0.39, 0.29) is 6.61 Å². The van der Waals surface area contributed by atoms with Gasteiger partial charge in [-0.25, -0.2) is 4.98 Å². The van der Waals surface area contributed by atoms with Crippen molar-refractivity contribution >= 4 is 17.4 Å². The minimum absolute atomic E-state index is 0.0233. The van der Waals surface area contributed by atoms with Crippen LogP contribution in [-0.4, -0.2) is 21.1 Å². The lowest BCUT2D eigenvalue weighted by atomic mass is 10.3. The fourth-order valence-corrected chi connectivity index (χ4v) is 1.52. The summed E-state index contributed by atoms with van der Waals surface area (Å²) in [5.74, 6) is 0. The van der Waals surface area contributed by atoms with Crippen LogP contribution in [0.4, 0.5) is 5.69 Å². The zero-order valence-electron chi connectivity index (χ0n) is 8.51. The van der Waals surface area contributed by atoms with Gasteiger partial charge < -0.3 is 15.2 Å². The predicted octanol–water partition coefficient (Wildman–Crippen LogP) is 1.23. The van der Waals surface area contributed by atoms with Crippen LogP contribution in [0.3, 0.4) is 0 Å². The molecule has 4 nitrogen and oxygen atoms in total. The van der Waals surface area contributed by atoms with Gasteiger partial charge >= 0.3 is 0 Å². The van der Waals surface area contributed by atoms with Crippen molar-refractivity contribution in [3.8, 4) is 0 Å². The normalized spacial score (nSPS) is 11.6. The highest BCUT2D eigenvalue weighted by Crippen LogP contribution is 2.15. The number of nitrogens with zero attached hydrogens (tertiary/aromatic N) is 2. The number of nitrogens with two attached hydrogens (primary N) is 1. The molecule has 78 valence electrons. The van der Waals surface area contributed by atoms with E-state index >= 15 is 0 Å². The number of imidazole rings is 1. The minimum atomic E-state index is 0.0233. The van der Waals surface area contributed by atoms with Crippen molar-refractivity contribution in [3.63, 3.8) is 0 Å². The van der Waals surface area contributed by atoms with E-state index in [2.05, 4.69) is 4.98 Å². The molecule has 0 aromatic carbocycles. The first-order chi connectivity index (χ1) is 7.22. The molecule has 2 rings (SSSR count). The molecule has 0 aliphatic heterocycles. The van der Waals surface area contributed by atoms with Crippen molar-refractivity contribution < 1.29 is 5.11 Å². The Morgan fingerprint density at radius 2 is 2.33 bits per heavy atom. The van der Waals surface area contributed by atoms with Crippen LogP contribution in [0.15, 0.2) is 24.4 Å². The molecule has 0 spiro atoms. The average Bonchev–Trinajstić information content (AvgIpc) is 2.53. The van der Waals surface area contributed by atoms with Crippen molar-refractivity contribution in [2.24, 2.45) is 0 Å². The molecule has 0 bridgehead atoms. The van der Waals surface area contributed by atoms with Crippen LogP contribution in [0, 0.1) is 6.92 Å². The fourth-order valence-electron chi connectivity index (χ4n) is 1.52. The molecule has 3 N–H and O–H groups in total. The fraction of sp³-hybridized carbons (Fsp3) is 0.182. The second kappa shape index (κ2) is 3.74. The number of hydrogen-bond acceptors (Lipinski definition) is 3. The van der Waals surface area contributed by atoms with Crippen LogP contribution in [-0.2, 0) is 0 Å². The number of aromatic nitrogens is 2. The van der Waals surface area contributed by atoms with E-state index < -0.39 is 0 Å². The van der Waals surface area contributed by atoms with Gasteiger partial charge in [-0.2, -0.15) is 0 Å². The third-order valence-corrected chi connectivity index (χ3v) is 2.30. The molecule has 0 amide bonds. The van der Waals surface area contributed by atoms with E-state index in [1.165, 1.54) is 0 Å². The van der Waals surface area contributed by atoms with Gasteiger partial charge in [-0.15, -0.1) is 0 Å². The molecule has 0 radical (unpaired) electrons. The molecular weight excluding hydrogens is 190 g/mol. The quantitative estimate of drug-likeness (QED) is 0.771. The zero-order valence-corrected chi connectivity index (χ0v) is 8.51. The lowest BCUT2D eigenvalue weighted by molar-refractivity contribution is 0.343. The molecule has 15 heavy (non-hydrogen) atoms. The van der Waals surface area contributed by atoms with Gasteiger partial charge in [0.05, 0.1) is 12.3 Å². The standard InChI is InChI=1S/C11H13N3O/c1-8-10(3-2-6-15)13-11-5-4-9(12)7-14(8)11/h2-5,7,15H,6,12H2,1H3. The van der Waals surface area contributed by atoms with E-state index in [4.69, 9.17) is 10.8 Å². The average molecular weight is 203 g/mol. The number of pyridine rings is 1. The number of rotatable bonds is 2. The van der Waals surface area contributed by atoms with Gasteiger partial charge in [-0.3, -0.25) is 0 Å². The summed E-state index contributed by atoms with van der Waals surface area (Å²) in [7, 11) is 0. The molecule has 0 aliphatic carbocycles. The Morgan fingerprint density at radius 1 is 1.53 bits per heavy atom. The number of anilines is 1. The SMILES string of the molecule is Cc1c(C=CCO)nc2ccc(N)cn12. The molecule has 0 aliphatic rings. The van der Waals surface area contributed by atoms with Crippen LogP contribution in [0.2, 0.25) is 0 Å². The summed E-state index contributed by atoms with van der Waals surface area (Å²) in [5, 5.41) is 8.70. The van der Waals surface area contributed by atoms with E-state index in [0.29, 0.717) is 5.69 Å². The summed E-state index contributed by atoms with van der Waals surface area (Å²) in [6, 6.07) is 3.69. The van der Waals surface area contributed by atoms with Crippen LogP contribution < -0.4 is 5.73 Å². The highest BCUT2D eigenvalue weighted by Gasteiger charge is 2.04. The van der Waals surface area contributed by atoms with Gasteiger partial charge in [0.2, 0.25) is 0 Å². The zero-order chi connectivity index (χ0) is 10.8. The Morgan fingerprint density at radius 3 is 3.07 bits per heavy atom. The predicted molar refractivity (Wildman–Crippen MR) is 60.5 cm³/mol. The minimum Gasteiger partial charge on any atom is -0.398 e. The smallest absolute Gasteiger partial charge is 0.137 e. The van der Waals surface area contributed by atoms with Crippen LogP contribution in [0.1, 0.15) is 11.4 Å². The maximum Gasteiger partial charge on any atom is 0.137 e. The molecule has 0 saturated carbocycles. The van der Waals surface area contributed by atoms with Gasteiger partial charge in [0.1, 0.15) is 5.65 Å². The summed E-state index contributed by atoms with van der Waals surface area (Å²) < 4.78 is 1.94. The Balaban J connectivity index is 2.59. The number of aryl methyl sites for hydroxylation is 1. The first kappa shape index (κ1) is 9.73. The maximum atomic E-state index is 8.70. The first-order valence-corrected chi connectivity index (χ1v) is 4.74. The van der Waals surface area contributed by atoms with Crippen LogP contribution in [0.25, 0.3) is 11.7 Å². The summed E-state index contributed by atoms with van der Waals surface area (Å²) in [6.07, 6.45) is 5.31. The van der Waals surface area contributed by atoms with E-state index in [1.54, 1.807) is 12.2 Å². The van der Waals surface area contributed by atoms with Crippen molar-refractivity contribution in [1.29, 1.82) is 0 Å². The number of hydrogen-bond donors (Lipinski definition) is 2. The molecule has 0 unspecified atom stereocenters. The van der Waals surface area contributed by atoms with Gasteiger partial charge in [0.15, 0.2) is 0 Å². The summed E-state index contributed by atoms with van der Waals surface area (Å²) in [5.41, 5.74) is 9.14. The Bertz CT molecular complexity index is 514. The van der Waals surface area contributed by atoms with Crippen molar-refractivity contribution in [2.75, 3.05) is 12.3 Å². The lowest BCUT2D eigenvalue weighted by Crippen LogP contribution is -1.91. The van der Waals surface area contributed by atoms with Gasteiger partial charge in [-0.1, -0.05) is 6.08 Å². The Kier molecular flexibility index (Phi) is 2.43. The number of fused-ring (bicyclic) bond motifs is 1. The Labute approximate surface area is 87.7 Å². The molecule has 2 aromatic heterocycles.